The molecular weight excluding hydrogens is 292 g/mol. The molecule has 1 saturated heterocycles. The Kier molecular flexibility index (Phi) is 4.53. The van der Waals surface area contributed by atoms with Crippen LogP contribution >= 0.6 is 0 Å². The number of hydrogen-bond acceptors (Lipinski definition) is 4. The van der Waals surface area contributed by atoms with Gasteiger partial charge in [0, 0.05) is 13.1 Å². The zero-order valence-electron chi connectivity index (χ0n) is 11.9. The molecule has 0 radical (unpaired) electrons. The van der Waals surface area contributed by atoms with Gasteiger partial charge in [0.05, 0.1) is 11.3 Å². The van der Waals surface area contributed by atoms with E-state index >= 15 is 0 Å². The number of carboxylic acid groups (broad SMARTS) is 1. The quantitative estimate of drug-likeness (QED) is 0.807. The zero-order chi connectivity index (χ0) is 15.6. The first-order chi connectivity index (χ1) is 9.86. The highest BCUT2D eigenvalue weighted by Gasteiger charge is 2.33. The van der Waals surface area contributed by atoms with Crippen molar-refractivity contribution in [3.8, 4) is 0 Å². The number of benzene rings is 1. The molecule has 2 rings (SSSR count). The van der Waals surface area contributed by atoms with Crippen LogP contribution in [0.4, 0.5) is 5.69 Å². The van der Waals surface area contributed by atoms with Crippen LogP contribution in [0.3, 0.4) is 0 Å². The molecule has 21 heavy (non-hydrogen) atoms. The molecule has 1 unspecified atom stereocenters. The monoisotopic (exact) mass is 312 g/mol. The van der Waals surface area contributed by atoms with E-state index < -0.39 is 16.0 Å². The Bertz CT molecular complexity index is 642. The van der Waals surface area contributed by atoms with Crippen molar-refractivity contribution in [1.82, 2.24) is 4.31 Å². The van der Waals surface area contributed by atoms with Gasteiger partial charge in [-0.3, -0.25) is 0 Å². The number of hydrogen-bond donors (Lipinski definition) is 2. The molecule has 1 aromatic rings. The summed E-state index contributed by atoms with van der Waals surface area (Å²) in [5.41, 5.74) is 5.70. The smallest absolute Gasteiger partial charge is 0.335 e. The summed E-state index contributed by atoms with van der Waals surface area (Å²) in [5.74, 6) is -0.737. The summed E-state index contributed by atoms with van der Waals surface area (Å²) in [5, 5.41) is 8.89. The normalized spacial score (nSPS) is 19.8. The highest BCUT2D eigenvalue weighted by molar-refractivity contribution is 7.89. The summed E-state index contributed by atoms with van der Waals surface area (Å²) in [6.07, 6.45) is 2.91. The zero-order valence-corrected chi connectivity index (χ0v) is 12.8. The summed E-state index contributed by atoms with van der Waals surface area (Å²) >= 11 is 0. The first kappa shape index (κ1) is 15.8. The molecule has 7 heteroatoms. The fraction of sp³-hybridized carbons (Fsp3) is 0.500. The number of anilines is 1. The lowest BCUT2D eigenvalue weighted by atomic mass is 10.0. The van der Waals surface area contributed by atoms with E-state index in [2.05, 4.69) is 6.92 Å². The van der Waals surface area contributed by atoms with Crippen LogP contribution in [0.15, 0.2) is 23.1 Å². The van der Waals surface area contributed by atoms with Gasteiger partial charge in [0.1, 0.15) is 4.90 Å². The maximum Gasteiger partial charge on any atom is 0.335 e. The minimum Gasteiger partial charge on any atom is -0.478 e. The van der Waals surface area contributed by atoms with Crippen LogP contribution in [0, 0.1) is 5.92 Å². The average molecular weight is 312 g/mol. The molecule has 0 aromatic heterocycles. The van der Waals surface area contributed by atoms with Crippen LogP contribution < -0.4 is 5.73 Å². The second-order valence-corrected chi connectivity index (χ2v) is 7.27. The van der Waals surface area contributed by atoms with Gasteiger partial charge in [-0.2, -0.15) is 4.31 Å². The predicted molar refractivity (Wildman–Crippen MR) is 79.6 cm³/mol. The molecule has 0 aliphatic carbocycles. The van der Waals surface area contributed by atoms with E-state index in [9.17, 15) is 13.2 Å². The highest BCUT2D eigenvalue weighted by atomic mass is 32.2. The Morgan fingerprint density at radius 2 is 2.19 bits per heavy atom. The van der Waals surface area contributed by atoms with Crippen molar-refractivity contribution < 1.29 is 18.3 Å². The number of nitrogens with two attached hydrogens (primary N) is 1. The molecule has 1 atom stereocenters. The van der Waals surface area contributed by atoms with Gasteiger partial charge in [0.25, 0.3) is 0 Å². The van der Waals surface area contributed by atoms with Crippen molar-refractivity contribution in [2.45, 2.75) is 31.1 Å². The Morgan fingerprint density at radius 1 is 1.48 bits per heavy atom. The molecule has 1 fully saturated rings. The van der Waals surface area contributed by atoms with Gasteiger partial charge in [-0.25, -0.2) is 13.2 Å². The van der Waals surface area contributed by atoms with E-state index in [1.807, 2.05) is 0 Å². The minimum absolute atomic E-state index is 0.00958. The van der Waals surface area contributed by atoms with Gasteiger partial charge in [0.15, 0.2) is 0 Å². The topological polar surface area (TPSA) is 101 Å². The maximum absolute atomic E-state index is 12.6. The molecule has 0 bridgehead atoms. The number of carboxylic acids is 1. The summed E-state index contributed by atoms with van der Waals surface area (Å²) in [6.45, 7) is 3.09. The van der Waals surface area contributed by atoms with Crippen molar-refractivity contribution in [2.24, 2.45) is 5.92 Å². The number of sulfonamides is 1. The fourth-order valence-electron chi connectivity index (χ4n) is 2.71. The van der Waals surface area contributed by atoms with Crippen LogP contribution in [-0.4, -0.2) is 36.9 Å². The van der Waals surface area contributed by atoms with Crippen molar-refractivity contribution >= 4 is 21.7 Å². The summed E-state index contributed by atoms with van der Waals surface area (Å²) in [4.78, 5) is 10.9. The number of carbonyl (C=O) groups is 1. The molecular formula is C14H20N2O4S. The van der Waals surface area contributed by atoms with Gasteiger partial charge in [-0.15, -0.1) is 0 Å². The number of rotatable bonds is 5. The molecule has 6 nitrogen and oxygen atoms in total. The first-order valence-corrected chi connectivity index (χ1v) is 8.43. The Labute approximate surface area is 124 Å². The van der Waals surface area contributed by atoms with Crippen molar-refractivity contribution in [3.05, 3.63) is 23.8 Å². The Morgan fingerprint density at radius 3 is 2.76 bits per heavy atom. The van der Waals surface area contributed by atoms with Gasteiger partial charge in [-0.05, 0) is 37.0 Å². The lowest BCUT2D eigenvalue weighted by Crippen LogP contribution is -2.29. The number of nitrogen functional groups attached to an aromatic ring is 1. The summed E-state index contributed by atoms with van der Waals surface area (Å²) < 4.78 is 26.6. The SMILES string of the molecule is CCCC1CCN(S(=O)(=O)c2ccc(C(=O)O)cc2N)C1. The highest BCUT2D eigenvalue weighted by Crippen LogP contribution is 2.29. The van der Waals surface area contributed by atoms with E-state index in [1.165, 1.54) is 22.5 Å². The van der Waals surface area contributed by atoms with Crippen molar-refractivity contribution in [1.29, 1.82) is 0 Å². The third kappa shape index (κ3) is 3.19. The number of nitrogens with zero attached hydrogens (tertiary/aromatic N) is 1. The molecule has 1 aliphatic rings. The largest absolute Gasteiger partial charge is 0.478 e. The second-order valence-electron chi connectivity index (χ2n) is 5.36. The van der Waals surface area contributed by atoms with E-state index in [1.54, 1.807) is 0 Å². The maximum atomic E-state index is 12.6. The van der Waals surface area contributed by atoms with Crippen molar-refractivity contribution in [3.63, 3.8) is 0 Å². The van der Waals surface area contributed by atoms with Crippen LogP contribution in [0.5, 0.6) is 0 Å². The average Bonchev–Trinajstić information content (AvgIpc) is 2.88. The molecule has 0 saturated carbocycles. The Balaban J connectivity index is 2.26. The van der Waals surface area contributed by atoms with E-state index in [0.29, 0.717) is 19.0 Å². The predicted octanol–water partition coefficient (Wildman–Crippen LogP) is 1.78. The third-order valence-corrected chi connectivity index (χ3v) is 5.76. The minimum atomic E-state index is -3.65. The molecule has 0 spiro atoms. The van der Waals surface area contributed by atoms with Gasteiger partial charge < -0.3 is 10.8 Å². The van der Waals surface area contributed by atoms with Gasteiger partial charge >= 0.3 is 5.97 Å². The van der Waals surface area contributed by atoms with E-state index in [0.717, 1.165) is 19.3 Å². The standard InChI is InChI=1S/C14H20N2O4S/c1-2-3-10-6-7-16(9-10)21(19,20)13-5-4-11(14(17)18)8-12(13)15/h4-5,8,10H,2-3,6-7,9,15H2,1H3,(H,17,18). The number of aromatic carboxylic acids is 1. The molecule has 116 valence electrons. The van der Waals surface area contributed by atoms with Crippen LogP contribution in [0.2, 0.25) is 0 Å². The second kappa shape index (κ2) is 6.03. The lowest BCUT2D eigenvalue weighted by molar-refractivity contribution is 0.0697. The molecule has 1 aliphatic heterocycles. The third-order valence-electron chi connectivity index (χ3n) is 3.82. The fourth-order valence-corrected chi connectivity index (χ4v) is 4.34. The molecule has 3 N–H and O–H groups in total. The van der Waals surface area contributed by atoms with E-state index in [4.69, 9.17) is 10.8 Å². The van der Waals surface area contributed by atoms with Crippen LogP contribution in [-0.2, 0) is 10.0 Å². The summed E-state index contributed by atoms with van der Waals surface area (Å²) in [7, 11) is -3.65. The lowest BCUT2D eigenvalue weighted by Gasteiger charge is -2.18. The Hall–Kier alpha value is -1.60. The van der Waals surface area contributed by atoms with Gasteiger partial charge in [-0.1, -0.05) is 13.3 Å². The van der Waals surface area contributed by atoms with Gasteiger partial charge in [0.2, 0.25) is 10.0 Å². The summed E-state index contributed by atoms with van der Waals surface area (Å²) in [6, 6.07) is 3.74. The molecule has 0 amide bonds. The molecule has 1 aromatic carbocycles. The van der Waals surface area contributed by atoms with Crippen LogP contribution in [0.25, 0.3) is 0 Å². The molecule has 1 heterocycles. The van der Waals surface area contributed by atoms with Crippen LogP contribution in [0.1, 0.15) is 36.5 Å². The first-order valence-electron chi connectivity index (χ1n) is 6.99. The van der Waals surface area contributed by atoms with Crippen molar-refractivity contribution in [2.75, 3.05) is 18.8 Å². The van der Waals surface area contributed by atoms with E-state index in [-0.39, 0.29) is 16.1 Å².